The molecule has 4 N–H and O–H groups in total. The third-order valence-electron chi connectivity index (χ3n) is 3.18. The number of anilines is 2. The molecule has 0 aliphatic heterocycles. The van der Waals surface area contributed by atoms with Crippen LogP contribution in [-0.2, 0) is 0 Å². The maximum atomic E-state index is 8.98. The molecule has 4 heteroatoms. The van der Waals surface area contributed by atoms with Crippen LogP contribution >= 0.6 is 0 Å². The van der Waals surface area contributed by atoms with Gasteiger partial charge >= 0.3 is 0 Å². The minimum atomic E-state index is 0.243. The van der Waals surface area contributed by atoms with Crippen LogP contribution in [-0.4, -0.2) is 24.9 Å². The number of benzene rings is 1. The number of rotatable bonds is 9. The second kappa shape index (κ2) is 8.64. The Balaban J connectivity index is 2.58. The van der Waals surface area contributed by atoms with Gasteiger partial charge in [-0.2, -0.15) is 0 Å². The lowest BCUT2D eigenvalue weighted by molar-refractivity contribution is 0.258. The van der Waals surface area contributed by atoms with E-state index in [0.29, 0.717) is 18.2 Å². The lowest BCUT2D eigenvalue weighted by Gasteiger charge is -2.16. The fraction of sp³-hybridized carbons (Fsp3) is 0.600. The maximum Gasteiger partial charge on any atom is 0.144 e. The highest BCUT2D eigenvalue weighted by Gasteiger charge is 2.07. The standard InChI is InChI=1S/C15H26N2O2/c1-3-9-19-15-10-13(5-6-14(15)16)17-11-12(4-2)7-8-18/h5-6,10,12,17-18H,3-4,7-9,11,16H2,1-2H3. The quantitative estimate of drug-likeness (QED) is 0.601. The van der Waals surface area contributed by atoms with Gasteiger partial charge in [-0.1, -0.05) is 20.3 Å². The van der Waals surface area contributed by atoms with Gasteiger partial charge in [-0.05, 0) is 30.9 Å². The van der Waals surface area contributed by atoms with E-state index in [-0.39, 0.29) is 6.61 Å². The molecule has 1 aromatic rings. The van der Waals surface area contributed by atoms with E-state index in [1.54, 1.807) is 0 Å². The van der Waals surface area contributed by atoms with Crippen molar-refractivity contribution in [3.63, 3.8) is 0 Å². The Labute approximate surface area is 116 Å². The molecule has 0 aliphatic carbocycles. The number of aliphatic hydroxyl groups is 1. The van der Waals surface area contributed by atoms with E-state index >= 15 is 0 Å². The van der Waals surface area contributed by atoms with Crippen LogP contribution in [0, 0.1) is 5.92 Å². The van der Waals surface area contributed by atoms with Gasteiger partial charge < -0.3 is 20.9 Å². The van der Waals surface area contributed by atoms with Crippen LogP contribution in [0.4, 0.5) is 11.4 Å². The Morgan fingerprint density at radius 3 is 2.79 bits per heavy atom. The van der Waals surface area contributed by atoms with Crippen LogP contribution in [0.15, 0.2) is 18.2 Å². The normalized spacial score (nSPS) is 12.2. The van der Waals surface area contributed by atoms with E-state index in [1.165, 1.54) is 0 Å². The van der Waals surface area contributed by atoms with E-state index in [2.05, 4.69) is 19.2 Å². The van der Waals surface area contributed by atoms with Gasteiger partial charge in [0.25, 0.3) is 0 Å². The lowest BCUT2D eigenvalue weighted by atomic mass is 10.0. The summed E-state index contributed by atoms with van der Waals surface area (Å²) < 4.78 is 5.60. The predicted octanol–water partition coefficient (Wildman–Crippen LogP) is 2.88. The molecular formula is C15H26N2O2. The second-order valence-corrected chi connectivity index (χ2v) is 4.77. The van der Waals surface area contributed by atoms with Crippen molar-refractivity contribution in [2.45, 2.75) is 33.1 Å². The topological polar surface area (TPSA) is 67.5 Å². The molecule has 0 saturated carbocycles. The molecule has 1 aromatic carbocycles. The molecule has 0 saturated heterocycles. The van der Waals surface area contributed by atoms with E-state index in [1.807, 2.05) is 18.2 Å². The molecule has 0 amide bonds. The largest absolute Gasteiger partial charge is 0.491 e. The molecule has 0 radical (unpaired) electrons. The molecule has 0 aliphatic rings. The van der Waals surface area contributed by atoms with Crippen molar-refractivity contribution in [1.29, 1.82) is 0 Å². The first-order chi connectivity index (χ1) is 9.21. The number of nitrogens with two attached hydrogens (primary N) is 1. The van der Waals surface area contributed by atoms with Crippen LogP contribution in [0.3, 0.4) is 0 Å². The molecule has 0 spiro atoms. The highest BCUT2D eigenvalue weighted by Crippen LogP contribution is 2.26. The molecule has 1 rings (SSSR count). The van der Waals surface area contributed by atoms with Crippen molar-refractivity contribution in [3.05, 3.63) is 18.2 Å². The number of nitrogen functional groups attached to an aromatic ring is 1. The summed E-state index contributed by atoms with van der Waals surface area (Å²) in [5.74, 6) is 1.23. The Morgan fingerprint density at radius 1 is 1.37 bits per heavy atom. The number of aliphatic hydroxyl groups excluding tert-OH is 1. The zero-order valence-corrected chi connectivity index (χ0v) is 12.0. The van der Waals surface area contributed by atoms with Gasteiger partial charge in [0.1, 0.15) is 5.75 Å². The van der Waals surface area contributed by atoms with Gasteiger partial charge in [0.15, 0.2) is 0 Å². The highest BCUT2D eigenvalue weighted by atomic mass is 16.5. The molecule has 19 heavy (non-hydrogen) atoms. The molecule has 0 aromatic heterocycles. The second-order valence-electron chi connectivity index (χ2n) is 4.77. The fourth-order valence-electron chi connectivity index (χ4n) is 1.88. The summed E-state index contributed by atoms with van der Waals surface area (Å²) in [5.41, 5.74) is 7.55. The SMILES string of the molecule is CCCOc1cc(NCC(CC)CCO)ccc1N. The molecule has 1 unspecified atom stereocenters. The first-order valence-electron chi connectivity index (χ1n) is 7.08. The van der Waals surface area contributed by atoms with E-state index in [4.69, 9.17) is 15.6 Å². The van der Waals surface area contributed by atoms with Crippen molar-refractivity contribution >= 4 is 11.4 Å². The number of hydrogen-bond acceptors (Lipinski definition) is 4. The maximum absolute atomic E-state index is 8.98. The van der Waals surface area contributed by atoms with Gasteiger partial charge in [-0.25, -0.2) is 0 Å². The van der Waals surface area contributed by atoms with Crippen molar-refractivity contribution in [2.24, 2.45) is 5.92 Å². The summed E-state index contributed by atoms with van der Waals surface area (Å²) >= 11 is 0. The summed E-state index contributed by atoms with van der Waals surface area (Å²) in [6.45, 7) is 5.98. The molecular weight excluding hydrogens is 240 g/mol. The smallest absolute Gasteiger partial charge is 0.144 e. The zero-order valence-electron chi connectivity index (χ0n) is 12.0. The Bertz CT molecular complexity index is 369. The Hall–Kier alpha value is -1.42. The van der Waals surface area contributed by atoms with Crippen molar-refractivity contribution in [2.75, 3.05) is 30.8 Å². The van der Waals surface area contributed by atoms with Crippen LogP contribution in [0.5, 0.6) is 5.75 Å². The first kappa shape index (κ1) is 15.6. The molecule has 0 heterocycles. The highest BCUT2D eigenvalue weighted by molar-refractivity contribution is 5.61. The summed E-state index contributed by atoms with van der Waals surface area (Å²) in [4.78, 5) is 0. The third kappa shape index (κ3) is 5.39. The van der Waals surface area contributed by atoms with Crippen LogP contribution in [0.1, 0.15) is 33.1 Å². The average molecular weight is 266 g/mol. The Morgan fingerprint density at radius 2 is 2.16 bits per heavy atom. The number of nitrogens with one attached hydrogen (secondary N) is 1. The minimum Gasteiger partial charge on any atom is -0.491 e. The van der Waals surface area contributed by atoms with Crippen molar-refractivity contribution < 1.29 is 9.84 Å². The van der Waals surface area contributed by atoms with E-state index in [0.717, 1.165) is 37.2 Å². The van der Waals surface area contributed by atoms with Gasteiger partial charge in [-0.3, -0.25) is 0 Å². The summed E-state index contributed by atoms with van der Waals surface area (Å²) in [6, 6.07) is 5.76. The van der Waals surface area contributed by atoms with E-state index in [9.17, 15) is 0 Å². The summed E-state index contributed by atoms with van der Waals surface area (Å²) in [7, 11) is 0. The van der Waals surface area contributed by atoms with Crippen LogP contribution < -0.4 is 15.8 Å². The van der Waals surface area contributed by atoms with E-state index < -0.39 is 0 Å². The molecule has 0 bridgehead atoms. The summed E-state index contributed by atoms with van der Waals surface area (Å²) in [5, 5.41) is 12.4. The van der Waals surface area contributed by atoms with Gasteiger partial charge in [0.05, 0.1) is 12.3 Å². The van der Waals surface area contributed by atoms with Crippen LogP contribution in [0.25, 0.3) is 0 Å². The van der Waals surface area contributed by atoms with Crippen LogP contribution in [0.2, 0.25) is 0 Å². The van der Waals surface area contributed by atoms with Gasteiger partial charge in [0.2, 0.25) is 0 Å². The summed E-state index contributed by atoms with van der Waals surface area (Å²) in [6.07, 6.45) is 2.85. The number of ether oxygens (including phenoxy) is 1. The van der Waals surface area contributed by atoms with Crippen molar-refractivity contribution in [3.8, 4) is 5.75 Å². The predicted molar refractivity (Wildman–Crippen MR) is 80.6 cm³/mol. The molecule has 0 fully saturated rings. The minimum absolute atomic E-state index is 0.243. The van der Waals surface area contributed by atoms with Gasteiger partial charge in [-0.15, -0.1) is 0 Å². The average Bonchev–Trinajstić information content (AvgIpc) is 2.43. The third-order valence-corrected chi connectivity index (χ3v) is 3.18. The van der Waals surface area contributed by atoms with Gasteiger partial charge in [0, 0.05) is 24.9 Å². The Kier molecular flexibility index (Phi) is 7.11. The number of hydrogen-bond donors (Lipinski definition) is 3. The molecule has 1 atom stereocenters. The monoisotopic (exact) mass is 266 g/mol. The van der Waals surface area contributed by atoms with Crippen molar-refractivity contribution in [1.82, 2.24) is 0 Å². The fourth-order valence-corrected chi connectivity index (χ4v) is 1.88. The molecule has 108 valence electrons. The first-order valence-corrected chi connectivity index (χ1v) is 7.08. The lowest BCUT2D eigenvalue weighted by Crippen LogP contribution is -2.15. The zero-order chi connectivity index (χ0) is 14.1. The molecule has 4 nitrogen and oxygen atoms in total.